The second-order valence-electron chi connectivity index (χ2n) is 4.49. The monoisotopic (exact) mass is 222 g/mol. The summed E-state index contributed by atoms with van der Waals surface area (Å²) in [6.07, 6.45) is 0. The fraction of sp³-hybridized carbons (Fsp3) is 0.538. The summed E-state index contributed by atoms with van der Waals surface area (Å²) >= 11 is 0. The average Bonchev–Trinajstić information content (AvgIpc) is 2.31. The van der Waals surface area contributed by atoms with Crippen molar-refractivity contribution in [1.82, 2.24) is 0 Å². The Hall–Kier alpha value is -0.900. The summed E-state index contributed by atoms with van der Waals surface area (Å²) < 4.78 is 6.37. The van der Waals surface area contributed by atoms with E-state index in [2.05, 4.69) is 24.3 Å². The summed E-state index contributed by atoms with van der Waals surface area (Å²) in [4.78, 5) is 0. The molecule has 0 radical (unpaired) electrons. The molecule has 0 saturated carbocycles. The molecule has 3 heteroatoms. The zero-order valence-electron chi connectivity index (χ0n) is 9.64. The molecule has 2 rings (SSSR count). The third-order valence-corrected chi connectivity index (χ3v) is 3.36. The van der Waals surface area contributed by atoms with Gasteiger partial charge in [-0.15, -0.1) is 0 Å². The lowest BCUT2D eigenvalue weighted by Gasteiger charge is -2.41. The molecule has 0 atom stereocenters. The molecule has 16 heavy (non-hydrogen) atoms. The maximum atomic E-state index is 9.21. The quantitative estimate of drug-likeness (QED) is 0.771. The fourth-order valence-corrected chi connectivity index (χ4v) is 2.37. The van der Waals surface area contributed by atoms with Gasteiger partial charge in [-0.2, -0.15) is 0 Å². The third kappa shape index (κ3) is 2.82. The molecule has 1 heterocycles. The van der Waals surface area contributed by atoms with Crippen LogP contribution in [0.5, 0.6) is 0 Å². The highest BCUT2D eigenvalue weighted by Crippen LogP contribution is 2.16. The minimum Gasteiger partial charge on any atom is -0.391 e. The maximum absolute atomic E-state index is 9.21. The summed E-state index contributed by atoms with van der Waals surface area (Å²) in [5, 5.41) is 9.21. The standard InChI is InChI=1S/C13H20NO2/c15-9-6-14(7-10-16-11-8-14)12-13-4-2-1-3-5-13/h1-5,15H,6-12H2/q+1. The van der Waals surface area contributed by atoms with Crippen LogP contribution < -0.4 is 0 Å². The van der Waals surface area contributed by atoms with Crippen LogP contribution in [0, 0.1) is 0 Å². The Labute approximate surface area is 96.9 Å². The van der Waals surface area contributed by atoms with Crippen LogP contribution in [0.4, 0.5) is 0 Å². The molecular weight excluding hydrogens is 202 g/mol. The minimum atomic E-state index is 0.257. The van der Waals surface area contributed by atoms with Gasteiger partial charge in [-0.05, 0) is 0 Å². The van der Waals surface area contributed by atoms with E-state index < -0.39 is 0 Å². The third-order valence-electron chi connectivity index (χ3n) is 3.36. The molecule has 0 aromatic heterocycles. The molecule has 1 aliphatic heterocycles. The van der Waals surface area contributed by atoms with Gasteiger partial charge in [-0.1, -0.05) is 30.3 Å². The first-order valence-electron chi connectivity index (χ1n) is 5.92. The molecule has 0 amide bonds. The molecule has 1 fully saturated rings. The predicted molar refractivity (Wildman–Crippen MR) is 62.9 cm³/mol. The average molecular weight is 222 g/mol. The van der Waals surface area contributed by atoms with Crippen LogP contribution in [-0.4, -0.2) is 49.0 Å². The predicted octanol–water partition coefficient (Wildman–Crippen LogP) is 1.03. The van der Waals surface area contributed by atoms with E-state index in [9.17, 15) is 5.11 Å². The number of aliphatic hydroxyl groups excluding tert-OH is 1. The maximum Gasteiger partial charge on any atom is 0.105 e. The Morgan fingerprint density at radius 1 is 1.12 bits per heavy atom. The molecule has 0 aliphatic carbocycles. The highest BCUT2D eigenvalue weighted by molar-refractivity contribution is 5.13. The molecule has 1 saturated heterocycles. The summed E-state index contributed by atoms with van der Waals surface area (Å²) in [5.41, 5.74) is 1.35. The van der Waals surface area contributed by atoms with Crippen molar-refractivity contribution in [3.8, 4) is 0 Å². The van der Waals surface area contributed by atoms with Crippen molar-refractivity contribution in [2.75, 3.05) is 39.5 Å². The van der Waals surface area contributed by atoms with E-state index in [4.69, 9.17) is 4.74 Å². The summed E-state index contributed by atoms with van der Waals surface area (Å²) in [5.74, 6) is 0. The summed E-state index contributed by atoms with van der Waals surface area (Å²) in [6, 6.07) is 10.5. The van der Waals surface area contributed by atoms with Crippen LogP contribution in [0.3, 0.4) is 0 Å². The van der Waals surface area contributed by atoms with Crippen molar-refractivity contribution < 1.29 is 14.3 Å². The summed E-state index contributed by atoms with van der Waals surface area (Å²) in [7, 11) is 0. The molecule has 0 bridgehead atoms. The van der Waals surface area contributed by atoms with E-state index in [1.165, 1.54) is 5.56 Å². The van der Waals surface area contributed by atoms with Crippen LogP contribution in [-0.2, 0) is 11.3 Å². The molecule has 1 aromatic rings. The van der Waals surface area contributed by atoms with E-state index >= 15 is 0 Å². The second-order valence-corrected chi connectivity index (χ2v) is 4.49. The topological polar surface area (TPSA) is 29.5 Å². The summed E-state index contributed by atoms with van der Waals surface area (Å²) in [6.45, 7) is 5.74. The number of aliphatic hydroxyl groups is 1. The Balaban J connectivity index is 2.07. The van der Waals surface area contributed by atoms with Crippen LogP contribution in [0.15, 0.2) is 30.3 Å². The molecular formula is C13H20NO2+. The van der Waals surface area contributed by atoms with E-state index in [0.717, 1.165) is 43.9 Å². The number of quaternary nitrogens is 1. The van der Waals surface area contributed by atoms with Crippen LogP contribution in [0.2, 0.25) is 0 Å². The Bertz CT molecular complexity index is 301. The lowest BCUT2D eigenvalue weighted by atomic mass is 10.1. The van der Waals surface area contributed by atoms with Gasteiger partial charge in [-0.3, -0.25) is 0 Å². The van der Waals surface area contributed by atoms with Gasteiger partial charge in [-0.25, -0.2) is 0 Å². The number of hydrogen-bond acceptors (Lipinski definition) is 2. The van der Waals surface area contributed by atoms with Gasteiger partial charge in [0.2, 0.25) is 0 Å². The van der Waals surface area contributed by atoms with Gasteiger partial charge in [0.15, 0.2) is 0 Å². The number of hydrogen-bond donors (Lipinski definition) is 1. The highest BCUT2D eigenvalue weighted by atomic mass is 16.5. The Kier molecular flexibility index (Phi) is 3.93. The van der Waals surface area contributed by atoms with Crippen molar-refractivity contribution in [1.29, 1.82) is 0 Å². The van der Waals surface area contributed by atoms with Gasteiger partial charge in [0.05, 0.1) is 19.8 Å². The second kappa shape index (κ2) is 5.43. The molecule has 0 spiro atoms. The molecule has 3 nitrogen and oxygen atoms in total. The molecule has 88 valence electrons. The van der Waals surface area contributed by atoms with Crippen LogP contribution >= 0.6 is 0 Å². The van der Waals surface area contributed by atoms with E-state index in [1.807, 2.05) is 6.07 Å². The van der Waals surface area contributed by atoms with Crippen molar-refractivity contribution in [2.24, 2.45) is 0 Å². The number of ether oxygens (including phenoxy) is 1. The first kappa shape index (κ1) is 11.6. The smallest absolute Gasteiger partial charge is 0.105 e. The Morgan fingerprint density at radius 2 is 1.81 bits per heavy atom. The zero-order valence-corrected chi connectivity index (χ0v) is 9.64. The van der Waals surface area contributed by atoms with E-state index in [1.54, 1.807) is 0 Å². The van der Waals surface area contributed by atoms with Crippen molar-refractivity contribution >= 4 is 0 Å². The SMILES string of the molecule is OCC[N+]1(Cc2ccccc2)CCOCC1. The number of rotatable bonds is 4. The molecule has 0 unspecified atom stereocenters. The largest absolute Gasteiger partial charge is 0.391 e. The number of benzene rings is 1. The van der Waals surface area contributed by atoms with E-state index in [0.29, 0.717) is 0 Å². The first-order valence-corrected chi connectivity index (χ1v) is 5.92. The fourth-order valence-electron chi connectivity index (χ4n) is 2.37. The van der Waals surface area contributed by atoms with Crippen molar-refractivity contribution in [3.63, 3.8) is 0 Å². The van der Waals surface area contributed by atoms with Gasteiger partial charge >= 0.3 is 0 Å². The van der Waals surface area contributed by atoms with Gasteiger partial charge in [0.25, 0.3) is 0 Å². The molecule has 1 N–H and O–H groups in total. The van der Waals surface area contributed by atoms with Crippen LogP contribution in [0.25, 0.3) is 0 Å². The van der Waals surface area contributed by atoms with Gasteiger partial charge in [0.1, 0.15) is 26.2 Å². The minimum absolute atomic E-state index is 0.257. The Morgan fingerprint density at radius 3 is 2.44 bits per heavy atom. The van der Waals surface area contributed by atoms with Crippen molar-refractivity contribution in [2.45, 2.75) is 6.54 Å². The lowest BCUT2D eigenvalue weighted by molar-refractivity contribution is -0.947. The normalized spacial score (nSPS) is 19.6. The van der Waals surface area contributed by atoms with Gasteiger partial charge in [0, 0.05) is 5.56 Å². The van der Waals surface area contributed by atoms with Gasteiger partial charge < -0.3 is 14.3 Å². The zero-order chi connectivity index (χ0) is 11.3. The van der Waals surface area contributed by atoms with Crippen LogP contribution in [0.1, 0.15) is 5.56 Å². The lowest BCUT2D eigenvalue weighted by Crippen LogP contribution is -2.55. The molecule has 1 aliphatic rings. The number of morpholine rings is 1. The van der Waals surface area contributed by atoms with Crippen molar-refractivity contribution in [3.05, 3.63) is 35.9 Å². The molecule has 1 aromatic carbocycles. The first-order chi connectivity index (χ1) is 7.85. The highest BCUT2D eigenvalue weighted by Gasteiger charge is 2.29. The van der Waals surface area contributed by atoms with E-state index in [-0.39, 0.29) is 6.61 Å². The number of nitrogens with zero attached hydrogens (tertiary/aromatic N) is 1.